The van der Waals surface area contributed by atoms with Gasteiger partial charge in [0.1, 0.15) is 0 Å². The van der Waals surface area contributed by atoms with E-state index in [1.165, 1.54) is 0 Å². The van der Waals surface area contributed by atoms with Crippen LogP contribution in [0.4, 0.5) is 0 Å². The molecule has 0 spiro atoms. The van der Waals surface area contributed by atoms with Crippen molar-refractivity contribution in [2.45, 2.75) is 58.0 Å². The zero-order valence-corrected chi connectivity index (χ0v) is 9.29. The van der Waals surface area contributed by atoms with Gasteiger partial charge in [0.05, 0.1) is 17.6 Å². The summed E-state index contributed by atoms with van der Waals surface area (Å²) >= 11 is 0. The molecule has 2 nitrogen and oxygen atoms in total. The van der Waals surface area contributed by atoms with E-state index in [1.54, 1.807) is 0 Å². The zero-order chi connectivity index (χ0) is 10.6. The Morgan fingerprint density at radius 2 is 2.29 bits per heavy atom. The van der Waals surface area contributed by atoms with Gasteiger partial charge in [0.2, 0.25) is 0 Å². The van der Waals surface area contributed by atoms with E-state index in [2.05, 4.69) is 19.9 Å². The fourth-order valence-electron chi connectivity index (χ4n) is 2.82. The van der Waals surface area contributed by atoms with Crippen LogP contribution in [0.3, 0.4) is 0 Å². The first-order valence-electron chi connectivity index (χ1n) is 5.81. The van der Waals surface area contributed by atoms with E-state index in [9.17, 15) is 5.11 Å². The van der Waals surface area contributed by atoms with Crippen LogP contribution in [0, 0.1) is 23.2 Å². The summed E-state index contributed by atoms with van der Waals surface area (Å²) in [6.07, 6.45) is 5.81. The lowest BCUT2D eigenvalue weighted by Gasteiger charge is -2.33. The summed E-state index contributed by atoms with van der Waals surface area (Å²) in [7, 11) is 0. The summed E-state index contributed by atoms with van der Waals surface area (Å²) in [5.41, 5.74) is -0.681. The number of nitriles is 1. The molecular weight excluding hydrogens is 174 g/mol. The molecule has 0 saturated heterocycles. The molecule has 1 saturated carbocycles. The lowest BCUT2D eigenvalue weighted by molar-refractivity contribution is -0.0367. The largest absolute Gasteiger partial charge is 0.388 e. The topological polar surface area (TPSA) is 44.0 Å². The van der Waals surface area contributed by atoms with E-state index in [0.717, 1.165) is 38.5 Å². The van der Waals surface area contributed by atoms with Crippen molar-refractivity contribution >= 4 is 0 Å². The molecule has 0 bridgehead atoms. The fourth-order valence-corrected chi connectivity index (χ4v) is 2.82. The van der Waals surface area contributed by atoms with Crippen LogP contribution in [0.25, 0.3) is 0 Å². The van der Waals surface area contributed by atoms with Crippen LogP contribution in [0.15, 0.2) is 0 Å². The van der Waals surface area contributed by atoms with Gasteiger partial charge in [-0.15, -0.1) is 0 Å². The first-order valence-corrected chi connectivity index (χ1v) is 5.81. The van der Waals surface area contributed by atoms with Gasteiger partial charge in [0.25, 0.3) is 0 Å². The summed E-state index contributed by atoms with van der Waals surface area (Å²) in [6, 6.07) is 2.30. The average molecular weight is 195 g/mol. The molecule has 1 fully saturated rings. The fraction of sp³-hybridized carbons (Fsp3) is 0.917. The van der Waals surface area contributed by atoms with E-state index in [1.807, 2.05) is 0 Å². The molecule has 0 amide bonds. The van der Waals surface area contributed by atoms with Gasteiger partial charge in [-0.2, -0.15) is 5.26 Å². The van der Waals surface area contributed by atoms with Gasteiger partial charge in [-0.05, 0) is 25.2 Å². The molecule has 0 aromatic carbocycles. The van der Waals surface area contributed by atoms with Gasteiger partial charge < -0.3 is 5.11 Å². The molecule has 1 N–H and O–H groups in total. The lowest BCUT2D eigenvalue weighted by Crippen LogP contribution is -2.40. The predicted octanol–water partition coefficient (Wildman–Crippen LogP) is 2.87. The van der Waals surface area contributed by atoms with Crippen molar-refractivity contribution in [3.05, 3.63) is 0 Å². The summed E-state index contributed by atoms with van der Waals surface area (Å²) in [6.45, 7) is 4.19. The number of hydrogen-bond donors (Lipinski definition) is 1. The SMILES string of the molecule is CCCC(C#N)C1(O)CCCC1CC. The Morgan fingerprint density at radius 1 is 1.57 bits per heavy atom. The van der Waals surface area contributed by atoms with Crippen LogP contribution >= 0.6 is 0 Å². The summed E-state index contributed by atoms with van der Waals surface area (Å²) in [4.78, 5) is 0. The average Bonchev–Trinajstić information content (AvgIpc) is 2.56. The van der Waals surface area contributed by atoms with Crippen molar-refractivity contribution in [3.63, 3.8) is 0 Å². The molecule has 1 rings (SSSR count). The molecule has 3 unspecified atom stereocenters. The number of aliphatic hydroxyl groups is 1. The third-order valence-corrected chi connectivity index (χ3v) is 3.67. The highest BCUT2D eigenvalue weighted by molar-refractivity contribution is 5.04. The number of nitrogens with zero attached hydrogens (tertiary/aromatic N) is 1. The van der Waals surface area contributed by atoms with Crippen LogP contribution in [0.5, 0.6) is 0 Å². The van der Waals surface area contributed by atoms with E-state index in [0.29, 0.717) is 5.92 Å². The highest BCUT2D eigenvalue weighted by Gasteiger charge is 2.45. The van der Waals surface area contributed by atoms with Gasteiger partial charge in [0.15, 0.2) is 0 Å². The lowest BCUT2D eigenvalue weighted by atomic mass is 9.76. The minimum atomic E-state index is -0.681. The van der Waals surface area contributed by atoms with Crippen LogP contribution in [0.2, 0.25) is 0 Å². The zero-order valence-electron chi connectivity index (χ0n) is 9.29. The molecule has 0 heterocycles. The second-order valence-electron chi connectivity index (χ2n) is 4.46. The quantitative estimate of drug-likeness (QED) is 0.749. The molecular formula is C12H21NO. The molecule has 2 heteroatoms. The Morgan fingerprint density at radius 3 is 2.79 bits per heavy atom. The summed E-state index contributed by atoms with van der Waals surface area (Å²) < 4.78 is 0. The first-order chi connectivity index (χ1) is 6.69. The summed E-state index contributed by atoms with van der Waals surface area (Å²) in [5.74, 6) is 0.193. The Kier molecular flexibility index (Phi) is 3.95. The van der Waals surface area contributed by atoms with Gasteiger partial charge >= 0.3 is 0 Å². The van der Waals surface area contributed by atoms with Crippen LogP contribution < -0.4 is 0 Å². The molecule has 80 valence electrons. The van der Waals surface area contributed by atoms with Crippen molar-refractivity contribution in [2.75, 3.05) is 0 Å². The van der Waals surface area contributed by atoms with Crippen molar-refractivity contribution in [2.24, 2.45) is 11.8 Å². The second-order valence-corrected chi connectivity index (χ2v) is 4.46. The highest BCUT2D eigenvalue weighted by Crippen LogP contribution is 2.43. The van der Waals surface area contributed by atoms with Crippen LogP contribution in [-0.4, -0.2) is 10.7 Å². The monoisotopic (exact) mass is 195 g/mol. The summed E-state index contributed by atoms with van der Waals surface area (Å²) in [5, 5.41) is 19.6. The highest BCUT2D eigenvalue weighted by atomic mass is 16.3. The molecule has 0 aliphatic heterocycles. The van der Waals surface area contributed by atoms with Gasteiger partial charge in [0, 0.05) is 0 Å². The smallest absolute Gasteiger partial charge is 0.0833 e. The molecule has 3 atom stereocenters. The Balaban J connectivity index is 2.75. The number of rotatable bonds is 4. The second kappa shape index (κ2) is 4.79. The van der Waals surface area contributed by atoms with Crippen LogP contribution in [0.1, 0.15) is 52.4 Å². The molecule has 0 radical (unpaired) electrons. The normalized spacial score (nSPS) is 34.0. The predicted molar refractivity (Wildman–Crippen MR) is 56.6 cm³/mol. The van der Waals surface area contributed by atoms with E-state index in [4.69, 9.17) is 5.26 Å². The Labute approximate surface area is 86.9 Å². The van der Waals surface area contributed by atoms with Crippen molar-refractivity contribution < 1.29 is 5.11 Å². The van der Waals surface area contributed by atoms with Crippen molar-refractivity contribution in [1.82, 2.24) is 0 Å². The Hall–Kier alpha value is -0.550. The molecule has 1 aliphatic rings. The molecule has 14 heavy (non-hydrogen) atoms. The van der Waals surface area contributed by atoms with Gasteiger partial charge in [-0.3, -0.25) is 0 Å². The van der Waals surface area contributed by atoms with Crippen molar-refractivity contribution in [3.8, 4) is 6.07 Å². The maximum atomic E-state index is 10.5. The Bertz CT molecular complexity index is 221. The van der Waals surface area contributed by atoms with E-state index >= 15 is 0 Å². The van der Waals surface area contributed by atoms with Gasteiger partial charge in [-0.25, -0.2) is 0 Å². The van der Waals surface area contributed by atoms with E-state index in [-0.39, 0.29) is 5.92 Å². The van der Waals surface area contributed by atoms with E-state index < -0.39 is 5.60 Å². The van der Waals surface area contributed by atoms with Crippen LogP contribution in [-0.2, 0) is 0 Å². The first kappa shape index (κ1) is 11.5. The van der Waals surface area contributed by atoms with Gasteiger partial charge in [-0.1, -0.05) is 33.1 Å². The molecule has 0 aromatic heterocycles. The maximum absolute atomic E-state index is 10.5. The minimum Gasteiger partial charge on any atom is -0.388 e. The van der Waals surface area contributed by atoms with Crippen molar-refractivity contribution in [1.29, 1.82) is 5.26 Å². The third-order valence-electron chi connectivity index (χ3n) is 3.67. The standard InChI is InChI=1S/C12H21NO/c1-3-6-11(9-13)12(14)8-5-7-10(12)4-2/h10-11,14H,3-8H2,1-2H3. The molecule has 1 aliphatic carbocycles. The third kappa shape index (κ3) is 1.93. The minimum absolute atomic E-state index is 0.153. The number of hydrogen-bond acceptors (Lipinski definition) is 2. The molecule has 0 aromatic rings. The maximum Gasteiger partial charge on any atom is 0.0833 e.